The summed E-state index contributed by atoms with van der Waals surface area (Å²) >= 11 is 0. The fraction of sp³-hybridized carbons (Fsp3) is 1.00. The van der Waals surface area contributed by atoms with Crippen LogP contribution in [0.3, 0.4) is 0 Å². The molecular formula is C12H28B2. The van der Waals surface area contributed by atoms with Crippen LogP contribution in [0.15, 0.2) is 0 Å². The van der Waals surface area contributed by atoms with E-state index in [1.54, 1.807) is 0 Å². The normalized spacial score (nSPS) is 16.4. The maximum absolute atomic E-state index is 2.42. The Bertz CT molecular complexity index is 143. The average molecular weight is 194 g/mol. The first-order chi connectivity index (χ1) is 6.41. The smallest absolute Gasteiger partial charge is 0.0700 e. The van der Waals surface area contributed by atoms with Crippen LogP contribution >= 0.6 is 0 Å². The Morgan fingerprint density at radius 1 is 1.21 bits per heavy atom. The van der Waals surface area contributed by atoms with Crippen LogP contribution in [0, 0.1) is 0 Å². The third-order valence-corrected chi connectivity index (χ3v) is 3.71. The fourth-order valence-electron chi connectivity index (χ4n) is 1.96. The standard InChI is InChI=1S/C12H28B2/c1-6-11(13)9-8-10(3)14-12(4,5)7-2/h10-11,14H,6-9,13H2,1-5H3. The third-order valence-electron chi connectivity index (χ3n) is 3.71. The van der Waals surface area contributed by atoms with Crippen molar-refractivity contribution in [1.82, 2.24) is 0 Å². The minimum absolute atomic E-state index is 0.550. The number of hydrogen-bond donors (Lipinski definition) is 0. The topological polar surface area (TPSA) is 0 Å². The zero-order valence-electron chi connectivity index (χ0n) is 11.2. The molecule has 82 valence electrons. The highest BCUT2D eigenvalue weighted by Crippen LogP contribution is 2.33. The molecule has 2 heteroatoms. The van der Waals surface area contributed by atoms with E-state index in [0.717, 1.165) is 11.6 Å². The lowest BCUT2D eigenvalue weighted by atomic mass is 9.45. The molecule has 0 spiro atoms. The number of rotatable bonds is 7. The van der Waals surface area contributed by atoms with Crippen molar-refractivity contribution in [3.05, 3.63) is 0 Å². The van der Waals surface area contributed by atoms with Crippen LogP contribution in [-0.4, -0.2) is 15.1 Å². The van der Waals surface area contributed by atoms with Crippen molar-refractivity contribution in [2.45, 2.75) is 77.3 Å². The molecule has 0 amide bonds. The van der Waals surface area contributed by atoms with Crippen molar-refractivity contribution in [2.24, 2.45) is 0 Å². The van der Waals surface area contributed by atoms with Gasteiger partial charge in [0.05, 0.1) is 0 Å². The summed E-state index contributed by atoms with van der Waals surface area (Å²) in [6.45, 7) is 11.8. The molecule has 0 aromatic rings. The van der Waals surface area contributed by atoms with Crippen molar-refractivity contribution < 1.29 is 0 Å². The summed E-state index contributed by atoms with van der Waals surface area (Å²) in [5.41, 5.74) is 0. The Hall–Kier alpha value is 0.130. The van der Waals surface area contributed by atoms with Crippen LogP contribution in [0.5, 0.6) is 0 Å². The molecule has 0 aliphatic rings. The van der Waals surface area contributed by atoms with Crippen LogP contribution in [0.4, 0.5) is 0 Å². The van der Waals surface area contributed by atoms with Crippen molar-refractivity contribution >= 4 is 15.1 Å². The molecule has 0 saturated carbocycles. The van der Waals surface area contributed by atoms with Gasteiger partial charge in [-0.3, -0.25) is 0 Å². The first kappa shape index (κ1) is 14.1. The highest BCUT2D eigenvalue weighted by atomic mass is 14.1. The summed E-state index contributed by atoms with van der Waals surface area (Å²) in [6, 6.07) is 0. The van der Waals surface area contributed by atoms with E-state index in [0.29, 0.717) is 5.31 Å². The molecule has 0 aromatic carbocycles. The molecule has 0 radical (unpaired) electrons. The van der Waals surface area contributed by atoms with Crippen molar-refractivity contribution in [1.29, 1.82) is 0 Å². The molecule has 0 aromatic heterocycles. The summed E-state index contributed by atoms with van der Waals surface area (Å²) in [5, 5.41) is 0.550. The second kappa shape index (κ2) is 6.58. The van der Waals surface area contributed by atoms with Crippen LogP contribution in [-0.2, 0) is 0 Å². The molecule has 0 aliphatic heterocycles. The summed E-state index contributed by atoms with van der Waals surface area (Å²) < 4.78 is 0. The molecular weight excluding hydrogens is 166 g/mol. The lowest BCUT2D eigenvalue weighted by Crippen LogP contribution is -2.16. The SMILES string of the molecule is BC(CC)CCC(C)BC(C)(C)CC. The molecule has 2 unspecified atom stereocenters. The predicted octanol–water partition coefficient (Wildman–Crippen LogP) is 3.45. The minimum atomic E-state index is 0.550. The molecule has 0 N–H and O–H groups in total. The highest BCUT2D eigenvalue weighted by Gasteiger charge is 2.20. The molecule has 0 heterocycles. The predicted molar refractivity (Wildman–Crippen MR) is 72.7 cm³/mol. The summed E-state index contributed by atoms with van der Waals surface area (Å²) in [5.74, 6) is 1.82. The Morgan fingerprint density at radius 3 is 2.21 bits per heavy atom. The summed E-state index contributed by atoms with van der Waals surface area (Å²) in [7, 11) is 3.76. The Balaban J connectivity index is 3.70. The van der Waals surface area contributed by atoms with E-state index in [1.165, 1.54) is 33.0 Å². The van der Waals surface area contributed by atoms with Gasteiger partial charge in [0, 0.05) is 0 Å². The summed E-state index contributed by atoms with van der Waals surface area (Å²) in [6.07, 6.45) is 5.47. The molecule has 0 aliphatic carbocycles. The molecule has 0 fully saturated rings. The van der Waals surface area contributed by atoms with Gasteiger partial charge in [0.15, 0.2) is 0 Å². The third kappa shape index (κ3) is 6.56. The maximum atomic E-state index is 2.42. The van der Waals surface area contributed by atoms with Gasteiger partial charge in [-0.1, -0.05) is 77.3 Å². The zero-order chi connectivity index (χ0) is 11.2. The first-order valence-electron chi connectivity index (χ1n) is 6.41. The lowest BCUT2D eigenvalue weighted by Gasteiger charge is -2.25. The lowest BCUT2D eigenvalue weighted by molar-refractivity contribution is 0.602. The first-order valence-corrected chi connectivity index (χ1v) is 6.41. The van der Waals surface area contributed by atoms with E-state index < -0.39 is 0 Å². The van der Waals surface area contributed by atoms with Crippen molar-refractivity contribution in [2.75, 3.05) is 0 Å². The highest BCUT2D eigenvalue weighted by molar-refractivity contribution is 6.41. The van der Waals surface area contributed by atoms with E-state index in [4.69, 9.17) is 0 Å². The van der Waals surface area contributed by atoms with E-state index in [9.17, 15) is 0 Å². The van der Waals surface area contributed by atoms with E-state index in [2.05, 4.69) is 42.5 Å². The van der Waals surface area contributed by atoms with E-state index in [1.807, 2.05) is 0 Å². The van der Waals surface area contributed by atoms with E-state index >= 15 is 0 Å². The zero-order valence-corrected chi connectivity index (χ0v) is 11.2. The molecule has 0 nitrogen and oxygen atoms in total. The Morgan fingerprint density at radius 2 is 1.79 bits per heavy atom. The van der Waals surface area contributed by atoms with Gasteiger partial charge < -0.3 is 0 Å². The molecule has 0 rings (SSSR count). The molecule has 2 atom stereocenters. The fourth-order valence-corrected chi connectivity index (χ4v) is 1.96. The molecule has 14 heavy (non-hydrogen) atoms. The van der Waals surface area contributed by atoms with Gasteiger partial charge in [-0.25, -0.2) is 0 Å². The second-order valence-electron chi connectivity index (χ2n) is 5.92. The van der Waals surface area contributed by atoms with Gasteiger partial charge >= 0.3 is 0 Å². The van der Waals surface area contributed by atoms with Crippen LogP contribution in [0.2, 0.25) is 16.9 Å². The number of hydrogen-bond acceptors (Lipinski definition) is 0. The monoisotopic (exact) mass is 194 g/mol. The van der Waals surface area contributed by atoms with Crippen LogP contribution < -0.4 is 0 Å². The van der Waals surface area contributed by atoms with Gasteiger partial charge in [-0.2, -0.15) is 0 Å². The van der Waals surface area contributed by atoms with E-state index in [-0.39, 0.29) is 0 Å². The summed E-state index contributed by atoms with van der Waals surface area (Å²) in [4.78, 5) is 0. The largest absolute Gasteiger partial charge is 0.130 e. The van der Waals surface area contributed by atoms with Gasteiger partial charge in [0.2, 0.25) is 0 Å². The average Bonchev–Trinajstić information content (AvgIpc) is 2.13. The maximum Gasteiger partial charge on any atom is 0.130 e. The quantitative estimate of drug-likeness (QED) is 0.544. The Kier molecular flexibility index (Phi) is 6.64. The van der Waals surface area contributed by atoms with Gasteiger partial charge in [0.1, 0.15) is 15.1 Å². The minimum Gasteiger partial charge on any atom is -0.0700 e. The molecule has 0 bridgehead atoms. The van der Waals surface area contributed by atoms with Crippen molar-refractivity contribution in [3.8, 4) is 0 Å². The van der Waals surface area contributed by atoms with Gasteiger partial charge in [0.25, 0.3) is 0 Å². The van der Waals surface area contributed by atoms with Crippen LogP contribution in [0.1, 0.15) is 60.3 Å². The van der Waals surface area contributed by atoms with Crippen LogP contribution in [0.25, 0.3) is 0 Å². The molecule has 0 saturated heterocycles. The second-order valence-corrected chi connectivity index (χ2v) is 5.92. The van der Waals surface area contributed by atoms with Gasteiger partial charge in [-0.05, 0) is 0 Å². The Labute approximate surface area is 92.9 Å². The van der Waals surface area contributed by atoms with Gasteiger partial charge in [-0.15, -0.1) is 0 Å². The van der Waals surface area contributed by atoms with Crippen molar-refractivity contribution in [3.63, 3.8) is 0 Å².